The Morgan fingerprint density at radius 2 is 1.85 bits per heavy atom. The summed E-state index contributed by atoms with van der Waals surface area (Å²) in [7, 11) is 0. The van der Waals surface area contributed by atoms with Gasteiger partial charge in [0.2, 0.25) is 0 Å². The Morgan fingerprint density at radius 1 is 1.00 bits per heavy atom. The Kier molecular flexibility index (Phi) is 4.00. The number of likely N-dealkylation sites (tertiary alicyclic amines) is 1. The molecule has 5 nitrogen and oxygen atoms in total. The number of carbonyl (C=O) groups excluding carboxylic acids is 1. The Balaban J connectivity index is 1.44. The van der Waals surface area contributed by atoms with E-state index in [2.05, 4.69) is 11.1 Å². The fourth-order valence-corrected chi connectivity index (χ4v) is 4.09. The van der Waals surface area contributed by atoms with E-state index in [1.165, 1.54) is 0 Å². The number of ether oxygens (including phenoxy) is 2. The van der Waals surface area contributed by atoms with Crippen molar-refractivity contribution in [1.29, 1.82) is 0 Å². The molecule has 5 heteroatoms. The number of carbonyl (C=O) groups is 1. The molecular formula is C22H22N2O3. The lowest BCUT2D eigenvalue weighted by Crippen LogP contribution is -2.30. The van der Waals surface area contributed by atoms with Crippen molar-refractivity contribution < 1.29 is 14.3 Å². The number of fused-ring (bicyclic) bond motifs is 2. The first kappa shape index (κ1) is 16.2. The minimum absolute atomic E-state index is 0.0563. The summed E-state index contributed by atoms with van der Waals surface area (Å²) in [5, 5.41) is 1.06. The van der Waals surface area contributed by atoms with E-state index >= 15 is 0 Å². The number of nitrogens with one attached hydrogen (secondary N) is 1. The van der Waals surface area contributed by atoms with E-state index in [4.69, 9.17) is 9.47 Å². The van der Waals surface area contributed by atoms with E-state index in [0.29, 0.717) is 18.9 Å². The largest absolute Gasteiger partial charge is 0.490 e. The maximum Gasteiger partial charge on any atom is 0.270 e. The van der Waals surface area contributed by atoms with Crippen LogP contribution in [0.2, 0.25) is 0 Å². The van der Waals surface area contributed by atoms with Gasteiger partial charge in [-0.1, -0.05) is 24.3 Å². The number of hydrogen-bond acceptors (Lipinski definition) is 3. The average Bonchev–Trinajstić information content (AvgIpc) is 3.29. The van der Waals surface area contributed by atoms with Gasteiger partial charge in [-0.05, 0) is 42.7 Å². The van der Waals surface area contributed by atoms with Gasteiger partial charge in [0, 0.05) is 23.9 Å². The number of para-hydroxylation sites is 1. The maximum absolute atomic E-state index is 13.2. The van der Waals surface area contributed by atoms with Gasteiger partial charge < -0.3 is 19.4 Å². The first-order valence-electron chi connectivity index (χ1n) is 9.58. The lowest BCUT2D eigenvalue weighted by atomic mass is 10.0. The van der Waals surface area contributed by atoms with Gasteiger partial charge in [-0.15, -0.1) is 0 Å². The van der Waals surface area contributed by atoms with Crippen LogP contribution >= 0.6 is 0 Å². The Labute approximate surface area is 157 Å². The summed E-state index contributed by atoms with van der Waals surface area (Å²) in [4.78, 5) is 18.4. The summed E-state index contributed by atoms with van der Waals surface area (Å²) in [6.45, 7) is 2.12. The van der Waals surface area contributed by atoms with Gasteiger partial charge in [0.15, 0.2) is 11.5 Å². The molecule has 0 saturated carbocycles. The molecule has 1 saturated heterocycles. The molecule has 0 radical (unpaired) electrons. The molecule has 1 N–H and O–H groups in total. The van der Waals surface area contributed by atoms with Crippen LogP contribution in [0.3, 0.4) is 0 Å². The fraction of sp³-hybridized carbons (Fsp3) is 0.318. The van der Waals surface area contributed by atoms with Crippen LogP contribution in [0, 0.1) is 0 Å². The highest BCUT2D eigenvalue weighted by molar-refractivity contribution is 5.98. The second kappa shape index (κ2) is 6.65. The SMILES string of the molecule is O=C(c1cc2ccccc2[nH]1)N1CCC[C@H]1c1ccc2c(c1)OCCCO2. The van der Waals surface area contributed by atoms with Gasteiger partial charge in [-0.2, -0.15) is 0 Å². The van der Waals surface area contributed by atoms with Crippen molar-refractivity contribution in [2.75, 3.05) is 19.8 Å². The topological polar surface area (TPSA) is 54.6 Å². The smallest absolute Gasteiger partial charge is 0.270 e. The molecule has 1 aromatic heterocycles. The quantitative estimate of drug-likeness (QED) is 0.739. The molecule has 3 heterocycles. The average molecular weight is 362 g/mol. The number of amides is 1. The number of nitrogens with zero attached hydrogens (tertiary/aromatic N) is 1. The number of rotatable bonds is 2. The summed E-state index contributed by atoms with van der Waals surface area (Å²) in [5.74, 6) is 1.64. The summed E-state index contributed by atoms with van der Waals surface area (Å²) < 4.78 is 11.6. The number of H-pyrrole nitrogens is 1. The van der Waals surface area contributed by atoms with Crippen LogP contribution in [0.4, 0.5) is 0 Å². The molecule has 2 aromatic carbocycles. The minimum Gasteiger partial charge on any atom is -0.490 e. The van der Waals surface area contributed by atoms with Gasteiger partial charge in [0.25, 0.3) is 5.91 Å². The van der Waals surface area contributed by atoms with Gasteiger partial charge >= 0.3 is 0 Å². The van der Waals surface area contributed by atoms with E-state index in [9.17, 15) is 4.79 Å². The Bertz CT molecular complexity index is 961. The van der Waals surface area contributed by atoms with E-state index in [-0.39, 0.29) is 11.9 Å². The van der Waals surface area contributed by atoms with E-state index < -0.39 is 0 Å². The third-order valence-electron chi connectivity index (χ3n) is 5.43. The number of benzene rings is 2. The predicted molar refractivity (Wildman–Crippen MR) is 103 cm³/mol. The molecule has 0 unspecified atom stereocenters. The van der Waals surface area contributed by atoms with Crippen molar-refractivity contribution in [2.24, 2.45) is 0 Å². The van der Waals surface area contributed by atoms with Crippen LogP contribution in [-0.4, -0.2) is 35.5 Å². The van der Waals surface area contributed by atoms with Gasteiger partial charge in [0.1, 0.15) is 5.69 Å². The van der Waals surface area contributed by atoms with Crippen LogP contribution in [0.5, 0.6) is 11.5 Å². The predicted octanol–water partition coefficient (Wildman–Crippen LogP) is 4.31. The number of aromatic amines is 1. The third kappa shape index (κ3) is 2.93. The molecule has 1 atom stereocenters. The summed E-state index contributed by atoms with van der Waals surface area (Å²) >= 11 is 0. The third-order valence-corrected chi connectivity index (χ3v) is 5.43. The highest BCUT2D eigenvalue weighted by atomic mass is 16.5. The number of hydrogen-bond donors (Lipinski definition) is 1. The normalized spacial score (nSPS) is 19.3. The highest BCUT2D eigenvalue weighted by Gasteiger charge is 2.32. The van der Waals surface area contributed by atoms with Crippen molar-refractivity contribution in [3.05, 3.63) is 59.8 Å². The molecule has 27 heavy (non-hydrogen) atoms. The fourth-order valence-electron chi connectivity index (χ4n) is 4.09. The van der Waals surface area contributed by atoms with Crippen LogP contribution in [0.25, 0.3) is 10.9 Å². The molecule has 3 aromatic rings. The van der Waals surface area contributed by atoms with Crippen LogP contribution < -0.4 is 9.47 Å². The number of aromatic nitrogens is 1. The molecule has 0 bridgehead atoms. The zero-order valence-corrected chi connectivity index (χ0v) is 15.1. The van der Waals surface area contributed by atoms with Crippen molar-refractivity contribution in [3.8, 4) is 11.5 Å². The lowest BCUT2D eigenvalue weighted by Gasteiger charge is -2.25. The monoisotopic (exact) mass is 362 g/mol. The van der Waals surface area contributed by atoms with Crippen LogP contribution in [0.1, 0.15) is 41.4 Å². The van der Waals surface area contributed by atoms with Crippen molar-refractivity contribution >= 4 is 16.8 Å². The van der Waals surface area contributed by atoms with Crippen molar-refractivity contribution in [1.82, 2.24) is 9.88 Å². The second-order valence-corrected chi connectivity index (χ2v) is 7.18. The zero-order chi connectivity index (χ0) is 18.2. The molecule has 2 aliphatic rings. The Hall–Kier alpha value is -2.95. The van der Waals surface area contributed by atoms with Crippen LogP contribution in [-0.2, 0) is 0 Å². The van der Waals surface area contributed by atoms with Gasteiger partial charge in [-0.3, -0.25) is 4.79 Å². The molecule has 2 aliphatic heterocycles. The van der Waals surface area contributed by atoms with Gasteiger partial charge in [0.05, 0.1) is 19.3 Å². The standard InChI is InChI=1S/C22H22N2O3/c25-22(18-13-15-5-1-2-6-17(15)23-18)24-10-3-7-19(24)16-8-9-20-21(14-16)27-12-4-11-26-20/h1-2,5-6,8-9,13-14,19,23H,3-4,7,10-12H2/t19-/m0/s1. The molecule has 1 amide bonds. The van der Waals surface area contributed by atoms with Crippen LogP contribution in [0.15, 0.2) is 48.5 Å². The first-order chi connectivity index (χ1) is 13.3. The van der Waals surface area contributed by atoms with E-state index in [1.807, 2.05) is 47.4 Å². The lowest BCUT2D eigenvalue weighted by molar-refractivity contribution is 0.0730. The summed E-state index contributed by atoms with van der Waals surface area (Å²) in [6.07, 6.45) is 2.86. The second-order valence-electron chi connectivity index (χ2n) is 7.18. The molecule has 0 aliphatic carbocycles. The molecule has 0 spiro atoms. The molecule has 138 valence electrons. The van der Waals surface area contributed by atoms with E-state index in [1.54, 1.807) is 0 Å². The Morgan fingerprint density at radius 3 is 2.74 bits per heavy atom. The molecule has 1 fully saturated rings. The van der Waals surface area contributed by atoms with E-state index in [0.717, 1.165) is 53.8 Å². The highest BCUT2D eigenvalue weighted by Crippen LogP contribution is 2.38. The molecular weight excluding hydrogens is 340 g/mol. The summed E-state index contributed by atoms with van der Waals surface area (Å²) in [5.41, 5.74) is 2.76. The zero-order valence-electron chi connectivity index (χ0n) is 15.1. The maximum atomic E-state index is 13.2. The molecule has 5 rings (SSSR count). The summed E-state index contributed by atoms with van der Waals surface area (Å²) in [6, 6.07) is 16.1. The first-order valence-corrected chi connectivity index (χ1v) is 9.58. The minimum atomic E-state index is 0.0563. The van der Waals surface area contributed by atoms with Crippen molar-refractivity contribution in [3.63, 3.8) is 0 Å². The van der Waals surface area contributed by atoms with Crippen molar-refractivity contribution in [2.45, 2.75) is 25.3 Å². The van der Waals surface area contributed by atoms with Gasteiger partial charge in [-0.25, -0.2) is 0 Å².